The van der Waals surface area contributed by atoms with Crippen LogP contribution in [-0.4, -0.2) is 17.6 Å². The molecule has 0 heterocycles. The summed E-state index contributed by atoms with van der Waals surface area (Å²) in [4.78, 5) is 30.6. The topological polar surface area (TPSA) is 84.5 Å². The normalized spacial score (nSPS) is 15.6. The number of carbonyl (C=O) groups excluding carboxylic acids is 2. The smallest absolute Gasteiger partial charge is 0.274 e. The summed E-state index contributed by atoms with van der Waals surface area (Å²) in [5.41, 5.74) is 7.39. The zero-order valence-corrected chi connectivity index (χ0v) is 18.6. The van der Waals surface area contributed by atoms with E-state index in [4.69, 9.17) is 28.9 Å². The molecule has 5 nitrogen and oxygen atoms in total. The van der Waals surface area contributed by atoms with Crippen molar-refractivity contribution in [2.45, 2.75) is 24.3 Å². The van der Waals surface area contributed by atoms with Crippen LogP contribution in [-0.2, 0) is 15.0 Å². The molecule has 0 bridgehead atoms. The molecule has 4 rings (SSSR count). The second-order valence-electron chi connectivity index (χ2n) is 7.75. The van der Waals surface area contributed by atoms with Crippen LogP contribution in [0.5, 0.6) is 0 Å². The van der Waals surface area contributed by atoms with E-state index < -0.39 is 17.4 Å². The summed E-state index contributed by atoms with van der Waals surface area (Å²) in [6.45, 7) is 0. The Kier molecular flexibility index (Phi) is 6.31. The van der Waals surface area contributed by atoms with E-state index in [1.165, 1.54) is 0 Å². The highest BCUT2D eigenvalue weighted by atomic mass is 35.5. The maximum absolute atomic E-state index is 13.3. The maximum atomic E-state index is 13.3. The molecule has 0 aromatic heterocycles. The molecule has 1 fully saturated rings. The first-order valence-corrected chi connectivity index (χ1v) is 10.9. The van der Waals surface area contributed by atoms with Crippen LogP contribution < -0.4 is 11.1 Å². The Morgan fingerprint density at radius 1 is 0.906 bits per heavy atom. The lowest BCUT2D eigenvalue weighted by Gasteiger charge is -2.21. The zero-order valence-electron chi connectivity index (χ0n) is 17.1. The molecule has 162 valence electrons. The molecule has 32 heavy (non-hydrogen) atoms. The third-order valence-electron chi connectivity index (χ3n) is 5.59. The monoisotopic (exact) mass is 465 g/mol. The molecular weight excluding hydrogens is 445 g/mol. The third-order valence-corrected chi connectivity index (χ3v) is 6.07. The highest BCUT2D eigenvalue weighted by molar-refractivity contribution is 6.31. The average Bonchev–Trinajstić information content (AvgIpc) is 3.60. The van der Waals surface area contributed by atoms with E-state index in [-0.39, 0.29) is 11.7 Å². The van der Waals surface area contributed by atoms with Crippen molar-refractivity contribution in [2.24, 2.45) is 10.7 Å². The molecule has 0 aliphatic heterocycles. The van der Waals surface area contributed by atoms with Crippen LogP contribution >= 0.6 is 23.2 Å². The van der Waals surface area contributed by atoms with Crippen molar-refractivity contribution in [2.75, 3.05) is 0 Å². The van der Waals surface area contributed by atoms with Crippen LogP contribution in [0.2, 0.25) is 10.0 Å². The van der Waals surface area contributed by atoms with Gasteiger partial charge >= 0.3 is 0 Å². The van der Waals surface area contributed by atoms with Crippen molar-refractivity contribution in [1.82, 2.24) is 5.32 Å². The molecule has 3 aromatic rings. The fourth-order valence-electron chi connectivity index (χ4n) is 3.64. The Morgan fingerprint density at radius 3 is 2.22 bits per heavy atom. The summed E-state index contributed by atoms with van der Waals surface area (Å²) in [5, 5.41) is 3.94. The van der Waals surface area contributed by atoms with Gasteiger partial charge in [-0.3, -0.25) is 9.59 Å². The summed E-state index contributed by atoms with van der Waals surface area (Å²) >= 11 is 12.1. The Hall–Kier alpha value is -3.15. The quantitative estimate of drug-likeness (QED) is 0.404. The average molecular weight is 466 g/mol. The number of carbonyl (C=O) groups is 2. The summed E-state index contributed by atoms with van der Waals surface area (Å²) in [7, 11) is 0. The largest absolute Gasteiger partial charge is 0.383 e. The molecule has 3 aromatic carbocycles. The van der Waals surface area contributed by atoms with Gasteiger partial charge < -0.3 is 11.1 Å². The number of amidine groups is 1. The fraction of sp³-hybridized carbons (Fsp3) is 0.160. The summed E-state index contributed by atoms with van der Waals surface area (Å²) in [6.07, 6.45) is 1.37. The molecule has 0 radical (unpaired) electrons. The van der Waals surface area contributed by atoms with Crippen LogP contribution in [0.15, 0.2) is 83.9 Å². The minimum Gasteiger partial charge on any atom is -0.383 e. The first kappa shape index (κ1) is 22.1. The number of hydrogen-bond acceptors (Lipinski definition) is 2. The molecule has 1 atom stereocenters. The van der Waals surface area contributed by atoms with Gasteiger partial charge in [-0.2, -0.15) is 4.99 Å². The summed E-state index contributed by atoms with van der Waals surface area (Å²) < 4.78 is 0. The van der Waals surface area contributed by atoms with Gasteiger partial charge in [-0.1, -0.05) is 77.8 Å². The molecule has 3 N–H and O–H groups in total. The summed E-state index contributed by atoms with van der Waals surface area (Å²) in [6, 6.07) is 22.0. The number of hydrogen-bond donors (Lipinski definition) is 2. The Bertz CT molecular complexity index is 1170. The van der Waals surface area contributed by atoms with Crippen LogP contribution in [0, 0.1) is 0 Å². The van der Waals surface area contributed by atoms with E-state index in [1.807, 2.05) is 18.2 Å². The lowest BCUT2D eigenvalue weighted by molar-refractivity contribution is -0.129. The van der Waals surface area contributed by atoms with Gasteiger partial charge in [0, 0.05) is 15.6 Å². The van der Waals surface area contributed by atoms with Crippen molar-refractivity contribution in [3.05, 3.63) is 106 Å². The standard InChI is InChI=1S/C25H21Cl2N3O2/c26-19-11-9-18(10-12-19)25(13-14-25)24(32)29-21(17-7-4-8-20(27)15-17)23(31)30-22(28)16-5-2-1-3-6-16/h1-12,15,21H,13-14H2,(H,29,32)(H2,28,30,31). The van der Waals surface area contributed by atoms with E-state index in [9.17, 15) is 9.59 Å². The number of benzene rings is 3. The minimum atomic E-state index is -1.02. The number of nitrogens with one attached hydrogen (secondary N) is 1. The number of nitrogens with two attached hydrogens (primary N) is 1. The number of aliphatic imine (C=N–C) groups is 1. The highest BCUT2D eigenvalue weighted by Gasteiger charge is 2.52. The first-order chi connectivity index (χ1) is 15.4. The zero-order chi connectivity index (χ0) is 22.7. The Morgan fingerprint density at radius 2 is 1.59 bits per heavy atom. The molecule has 1 aliphatic carbocycles. The lowest BCUT2D eigenvalue weighted by Crippen LogP contribution is -2.40. The van der Waals surface area contributed by atoms with E-state index in [2.05, 4.69) is 10.3 Å². The van der Waals surface area contributed by atoms with Crippen molar-refractivity contribution in [1.29, 1.82) is 0 Å². The number of rotatable bonds is 6. The Labute approximate surface area is 196 Å². The molecular formula is C25H21Cl2N3O2. The van der Waals surface area contributed by atoms with Crippen molar-refractivity contribution in [3.8, 4) is 0 Å². The minimum absolute atomic E-state index is 0.0794. The van der Waals surface area contributed by atoms with E-state index in [1.54, 1.807) is 60.7 Å². The second kappa shape index (κ2) is 9.15. The first-order valence-electron chi connectivity index (χ1n) is 10.1. The Balaban J connectivity index is 1.64. The van der Waals surface area contributed by atoms with Crippen LogP contribution in [0.25, 0.3) is 0 Å². The second-order valence-corrected chi connectivity index (χ2v) is 8.62. The van der Waals surface area contributed by atoms with E-state index in [0.29, 0.717) is 34.0 Å². The summed E-state index contributed by atoms with van der Waals surface area (Å²) in [5.74, 6) is -0.740. The highest BCUT2D eigenvalue weighted by Crippen LogP contribution is 2.49. The van der Waals surface area contributed by atoms with Gasteiger partial charge in [-0.05, 0) is 48.2 Å². The molecule has 1 saturated carbocycles. The van der Waals surface area contributed by atoms with Gasteiger partial charge in [-0.25, -0.2) is 0 Å². The number of amides is 2. The molecule has 1 aliphatic rings. The van der Waals surface area contributed by atoms with Gasteiger partial charge in [0.25, 0.3) is 5.91 Å². The molecule has 1 unspecified atom stereocenters. The number of nitrogens with zero attached hydrogens (tertiary/aromatic N) is 1. The van der Waals surface area contributed by atoms with Gasteiger partial charge in [0.1, 0.15) is 11.9 Å². The predicted octanol–water partition coefficient (Wildman–Crippen LogP) is 4.81. The van der Waals surface area contributed by atoms with Gasteiger partial charge in [-0.15, -0.1) is 0 Å². The third kappa shape index (κ3) is 4.69. The van der Waals surface area contributed by atoms with Crippen molar-refractivity contribution < 1.29 is 9.59 Å². The molecule has 0 saturated heterocycles. The van der Waals surface area contributed by atoms with Crippen molar-refractivity contribution in [3.63, 3.8) is 0 Å². The maximum Gasteiger partial charge on any atom is 0.274 e. The van der Waals surface area contributed by atoms with Crippen LogP contribution in [0.1, 0.15) is 35.6 Å². The van der Waals surface area contributed by atoms with Gasteiger partial charge in [0.05, 0.1) is 5.41 Å². The molecule has 2 amide bonds. The number of halogens is 2. The SMILES string of the molecule is NC(=NC(=O)C(NC(=O)C1(c2ccc(Cl)cc2)CC1)c1cccc(Cl)c1)c1ccccc1. The van der Waals surface area contributed by atoms with Crippen molar-refractivity contribution >= 4 is 40.9 Å². The van der Waals surface area contributed by atoms with Crippen LogP contribution in [0.3, 0.4) is 0 Å². The predicted molar refractivity (Wildman–Crippen MR) is 127 cm³/mol. The van der Waals surface area contributed by atoms with Gasteiger partial charge in [0.2, 0.25) is 5.91 Å². The fourth-order valence-corrected chi connectivity index (χ4v) is 3.97. The molecule has 7 heteroatoms. The van der Waals surface area contributed by atoms with Crippen LogP contribution in [0.4, 0.5) is 0 Å². The lowest BCUT2D eigenvalue weighted by atomic mass is 9.94. The van der Waals surface area contributed by atoms with E-state index >= 15 is 0 Å². The van der Waals surface area contributed by atoms with E-state index in [0.717, 1.165) is 5.56 Å². The molecule has 0 spiro atoms. The van der Waals surface area contributed by atoms with Gasteiger partial charge in [0.15, 0.2) is 0 Å².